The Balaban J connectivity index is 1.51. The number of carbonyl (C=O) groups excluding carboxylic acids is 1. The van der Waals surface area contributed by atoms with E-state index in [4.69, 9.17) is 4.74 Å². The van der Waals surface area contributed by atoms with Gasteiger partial charge in [0.05, 0.1) is 0 Å². The summed E-state index contributed by atoms with van der Waals surface area (Å²) in [5, 5.41) is 6.23. The van der Waals surface area contributed by atoms with Crippen LogP contribution in [0, 0.1) is 0 Å². The number of piperazine rings is 1. The molecule has 0 saturated carbocycles. The number of amides is 1. The molecule has 2 aliphatic rings. The van der Waals surface area contributed by atoms with Crippen molar-refractivity contribution in [1.29, 1.82) is 0 Å². The number of carbonyl (C=O) groups is 1. The van der Waals surface area contributed by atoms with Gasteiger partial charge in [-0.15, -0.1) is 0 Å². The third-order valence-corrected chi connectivity index (χ3v) is 3.86. The van der Waals surface area contributed by atoms with E-state index in [2.05, 4.69) is 15.5 Å². The van der Waals surface area contributed by atoms with Gasteiger partial charge in [-0.05, 0) is 30.2 Å². The Kier molecular flexibility index (Phi) is 4.18. The molecule has 5 nitrogen and oxygen atoms in total. The molecular formula is C15H21N3O2. The number of ether oxygens (including phenoxy) is 1. The number of hydrogen-bond donors (Lipinski definition) is 2. The Morgan fingerprint density at radius 2 is 2.05 bits per heavy atom. The summed E-state index contributed by atoms with van der Waals surface area (Å²) in [6.07, 6.45) is 1.37. The van der Waals surface area contributed by atoms with Crippen molar-refractivity contribution < 1.29 is 9.53 Å². The number of rotatable bonds is 4. The van der Waals surface area contributed by atoms with E-state index < -0.39 is 0 Å². The Bertz CT molecular complexity index is 484. The number of aryl methyl sites for hydroxylation is 1. The lowest BCUT2D eigenvalue weighted by Crippen LogP contribution is -2.44. The second-order valence-electron chi connectivity index (χ2n) is 5.31. The first-order valence-corrected chi connectivity index (χ1v) is 7.30. The summed E-state index contributed by atoms with van der Waals surface area (Å²) in [5.74, 6) is 1.000. The van der Waals surface area contributed by atoms with Crippen LogP contribution in [0.3, 0.4) is 0 Å². The molecule has 1 saturated heterocycles. The highest BCUT2D eigenvalue weighted by molar-refractivity contribution is 5.93. The zero-order valence-corrected chi connectivity index (χ0v) is 11.7. The van der Waals surface area contributed by atoms with E-state index in [0.29, 0.717) is 13.0 Å². The molecule has 5 heteroatoms. The van der Waals surface area contributed by atoms with Crippen molar-refractivity contribution >= 4 is 11.6 Å². The van der Waals surface area contributed by atoms with E-state index in [1.165, 1.54) is 5.56 Å². The molecule has 0 aliphatic carbocycles. The number of nitrogens with one attached hydrogen (secondary N) is 2. The van der Waals surface area contributed by atoms with Crippen LogP contribution < -0.4 is 15.4 Å². The van der Waals surface area contributed by atoms with Gasteiger partial charge in [-0.2, -0.15) is 0 Å². The maximum atomic E-state index is 11.3. The number of benzene rings is 1. The van der Waals surface area contributed by atoms with Crippen LogP contribution in [0.15, 0.2) is 18.2 Å². The van der Waals surface area contributed by atoms with E-state index in [0.717, 1.165) is 50.6 Å². The predicted octanol–water partition coefficient (Wildman–Crippen LogP) is 0.855. The molecule has 0 spiro atoms. The minimum Gasteiger partial charge on any atom is -0.492 e. The number of anilines is 1. The molecule has 0 atom stereocenters. The molecule has 1 fully saturated rings. The van der Waals surface area contributed by atoms with Crippen LogP contribution in [-0.2, 0) is 11.2 Å². The van der Waals surface area contributed by atoms with E-state index in [1.54, 1.807) is 0 Å². The molecule has 0 radical (unpaired) electrons. The van der Waals surface area contributed by atoms with Crippen molar-refractivity contribution in [2.75, 3.05) is 44.6 Å². The van der Waals surface area contributed by atoms with Gasteiger partial charge in [-0.25, -0.2) is 0 Å². The normalized spacial score (nSPS) is 19.3. The van der Waals surface area contributed by atoms with Gasteiger partial charge >= 0.3 is 0 Å². The van der Waals surface area contributed by atoms with Gasteiger partial charge in [0.25, 0.3) is 0 Å². The highest BCUT2D eigenvalue weighted by Gasteiger charge is 2.15. The standard InChI is InChI=1S/C15H21N3O2/c19-15-4-1-12-11-13(2-3-14(12)17-15)20-10-9-18-7-5-16-6-8-18/h2-3,11,16H,1,4-10H2,(H,17,19). The average Bonchev–Trinajstić information content (AvgIpc) is 2.48. The number of nitrogens with zero attached hydrogens (tertiary/aromatic N) is 1. The minimum atomic E-state index is 0.102. The Morgan fingerprint density at radius 3 is 2.90 bits per heavy atom. The molecule has 2 N–H and O–H groups in total. The Labute approximate surface area is 119 Å². The lowest BCUT2D eigenvalue weighted by molar-refractivity contribution is -0.116. The van der Waals surface area contributed by atoms with Gasteiger partial charge in [0, 0.05) is 44.8 Å². The van der Waals surface area contributed by atoms with Gasteiger partial charge in [-0.1, -0.05) is 0 Å². The van der Waals surface area contributed by atoms with Crippen LogP contribution in [0.2, 0.25) is 0 Å². The van der Waals surface area contributed by atoms with Crippen molar-refractivity contribution in [1.82, 2.24) is 10.2 Å². The van der Waals surface area contributed by atoms with E-state index in [-0.39, 0.29) is 5.91 Å². The summed E-state index contributed by atoms with van der Waals surface area (Å²) in [6.45, 7) is 6.01. The predicted molar refractivity (Wildman–Crippen MR) is 78.2 cm³/mol. The summed E-state index contributed by atoms with van der Waals surface area (Å²) >= 11 is 0. The van der Waals surface area contributed by atoms with Crippen LogP contribution >= 0.6 is 0 Å². The second-order valence-corrected chi connectivity index (χ2v) is 5.31. The molecule has 1 amide bonds. The van der Waals surface area contributed by atoms with Crippen molar-refractivity contribution in [3.8, 4) is 5.75 Å². The molecule has 108 valence electrons. The Morgan fingerprint density at radius 1 is 1.20 bits per heavy atom. The molecule has 1 aromatic carbocycles. The summed E-state index contributed by atoms with van der Waals surface area (Å²) in [5.41, 5.74) is 2.10. The fraction of sp³-hybridized carbons (Fsp3) is 0.533. The van der Waals surface area contributed by atoms with Crippen molar-refractivity contribution in [2.45, 2.75) is 12.8 Å². The van der Waals surface area contributed by atoms with Crippen LogP contribution in [0.25, 0.3) is 0 Å². The lowest BCUT2D eigenvalue weighted by atomic mass is 10.0. The van der Waals surface area contributed by atoms with Crippen LogP contribution in [0.1, 0.15) is 12.0 Å². The first-order valence-electron chi connectivity index (χ1n) is 7.30. The number of hydrogen-bond acceptors (Lipinski definition) is 4. The SMILES string of the molecule is O=C1CCc2cc(OCCN3CCNCC3)ccc2N1. The fourth-order valence-corrected chi connectivity index (χ4v) is 2.68. The first-order chi connectivity index (χ1) is 9.81. The van der Waals surface area contributed by atoms with Gasteiger partial charge in [0.2, 0.25) is 5.91 Å². The molecular weight excluding hydrogens is 254 g/mol. The lowest BCUT2D eigenvalue weighted by Gasteiger charge is -2.27. The monoisotopic (exact) mass is 275 g/mol. The molecule has 2 aliphatic heterocycles. The van der Waals surface area contributed by atoms with Crippen LogP contribution in [0.4, 0.5) is 5.69 Å². The summed E-state index contributed by atoms with van der Waals surface area (Å²) in [4.78, 5) is 13.7. The van der Waals surface area contributed by atoms with Gasteiger partial charge in [0.1, 0.15) is 12.4 Å². The third kappa shape index (κ3) is 3.29. The maximum absolute atomic E-state index is 11.3. The van der Waals surface area contributed by atoms with Crippen molar-refractivity contribution in [2.24, 2.45) is 0 Å². The van der Waals surface area contributed by atoms with Crippen molar-refractivity contribution in [3.63, 3.8) is 0 Å². The molecule has 0 unspecified atom stereocenters. The largest absolute Gasteiger partial charge is 0.492 e. The topological polar surface area (TPSA) is 53.6 Å². The van der Waals surface area contributed by atoms with E-state index in [9.17, 15) is 4.79 Å². The molecule has 20 heavy (non-hydrogen) atoms. The maximum Gasteiger partial charge on any atom is 0.224 e. The molecule has 1 aromatic rings. The van der Waals surface area contributed by atoms with E-state index in [1.807, 2.05) is 18.2 Å². The highest BCUT2D eigenvalue weighted by atomic mass is 16.5. The average molecular weight is 275 g/mol. The van der Waals surface area contributed by atoms with Crippen LogP contribution in [0.5, 0.6) is 5.75 Å². The van der Waals surface area contributed by atoms with Gasteiger partial charge in [-0.3, -0.25) is 9.69 Å². The molecule has 0 bridgehead atoms. The summed E-state index contributed by atoms with van der Waals surface area (Å²) < 4.78 is 5.83. The highest BCUT2D eigenvalue weighted by Crippen LogP contribution is 2.26. The fourth-order valence-electron chi connectivity index (χ4n) is 2.68. The minimum absolute atomic E-state index is 0.102. The zero-order chi connectivity index (χ0) is 13.8. The van der Waals surface area contributed by atoms with Gasteiger partial charge < -0.3 is 15.4 Å². The first kappa shape index (κ1) is 13.4. The Hall–Kier alpha value is -1.59. The van der Waals surface area contributed by atoms with E-state index >= 15 is 0 Å². The molecule has 3 rings (SSSR count). The second kappa shape index (κ2) is 6.24. The number of fused-ring (bicyclic) bond motifs is 1. The molecule has 0 aromatic heterocycles. The third-order valence-electron chi connectivity index (χ3n) is 3.86. The smallest absolute Gasteiger partial charge is 0.224 e. The molecule has 2 heterocycles. The van der Waals surface area contributed by atoms with Gasteiger partial charge in [0.15, 0.2) is 0 Å². The summed E-state index contributed by atoms with van der Waals surface area (Å²) in [6, 6.07) is 5.92. The van der Waals surface area contributed by atoms with Crippen LogP contribution in [-0.4, -0.2) is 50.1 Å². The quantitative estimate of drug-likeness (QED) is 0.855. The zero-order valence-electron chi connectivity index (χ0n) is 11.7. The summed E-state index contributed by atoms with van der Waals surface area (Å²) in [7, 11) is 0. The van der Waals surface area contributed by atoms with Crippen molar-refractivity contribution in [3.05, 3.63) is 23.8 Å².